The van der Waals surface area contributed by atoms with Crippen molar-refractivity contribution >= 4 is 22.4 Å². The Morgan fingerprint density at radius 3 is 2.19 bits per heavy atom. The highest BCUT2D eigenvalue weighted by Gasteiger charge is 2.22. The zero-order valence-electron chi connectivity index (χ0n) is 13.6. The highest BCUT2D eigenvalue weighted by atomic mass is 16.5. The summed E-state index contributed by atoms with van der Waals surface area (Å²) in [5, 5.41) is 12.4. The third kappa shape index (κ3) is 2.09. The van der Waals surface area contributed by atoms with E-state index in [9.17, 15) is 9.90 Å². The number of carbonyl (C=O) groups excluding carboxylic acids is 1. The number of rotatable bonds is 2. The second-order valence-corrected chi connectivity index (χ2v) is 6.17. The van der Waals surface area contributed by atoms with Gasteiger partial charge in [-0.25, -0.2) is 4.99 Å². The van der Waals surface area contributed by atoms with E-state index in [1.807, 2.05) is 66.7 Å². The molecule has 26 heavy (non-hydrogen) atoms. The van der Waals surface area contributed by atoms with Crippen LogP contribution in [0, 0.1) is 0 Å². The average molecular weight is 339 g/mol. The van der Waals surface area contributed by atoms with Crippen LogP contribution in [0.3, 0.4) is 0 Å². The average Bonchev–Trinajstić information content (AvgIpc) is 3.15. The van der Waals surface area contributed by atoms with E-state index in [4.69, 9.17) is 4.42 Å². The van der Waals surface area contributed by atoms with Crippen LogP contribution in [0.15, 0.2) is 82.2 Å². The van der Waals surface area contributed by atoms with E-state index in [1.165, 1.54) is 0 Å². The van der Waals surface area contributed by atoms with Crippen LogP contribution in [-0.2, 0) is 4.79 Å². The Labute approximate surface area is 148 Å². The van der Waals surface area contributed by atoms with Gasteiger partial charge in [0.2, 0.25) is 0 Å². The van der Waals surface area contributed by atoms with Gasteiger partial charge in [-0.2, -0.15) is 0 Å². The van der Waals surface area contributed by atoms with Gasteiger partial charge in [-0.1, -0.05) is 60.7 Å². The molecule has 1 aliphatic heterocycles. The van der Waals surface area contributed by atoms with Crippen LogP contribution in [0.4, 0.5) is 0 Å². The molecule has 0 saturated carbocycles. The first kappa shape index (κ1) is 14.7. The molecule has 4 aromatic rings. The Kier molecular flexibility index (Phi) is 3.06. The summed E-state index contributed by atoms with van der Waals surface area (Å²) in [6.45, 7) is 0. The van der Waals surface area contributed by atoms with Crippen LogP contribution in [0.5, 0.6) is 5.95 Å². The maximum Gasteiger partial charge on any atom is 0.291 e. The topological polar surface area (TPSA) is 62.8 Å². The van der Waals surface area contributed by atoms with E-state index in [2.05, 4.69) is 4.99 Å². The number of benzene rings is 3. The van der Waals surface area contributed by atoms with Gasteiger partial charge in [-0.05, 0) is 23.3 Å². The summed E-state index contributed by atoms with van der Waals surface area (Å²) in [6.07, 6.45) is 0. The number of fused-ring (bicyclic) bond motifs is 2. The summed E-state index contributed by atoms with van der Waals surface area (Å²) >= 11 is 0. The van der Waals surface area contributed by atoms with Crippen molar-refractivity contribution in [3.63, 3.8) is 0 Å². The minimum absolute atomic E-state index is 0.137. The highest BCUT2D eigenvalue weighted by molar-refractivity contribution is 6.21. The molecule has 124 valence electrons. The molecule has 4 nitrogen and oxygen atoms in total. The smallest absolute Gasteiger partial charge is 0.291 e. The van der Waals surface area contributed by atoms with Crippen molar-refractivity contribution in [2.24, 2.45) is 4.99 Å². The quantitative estimate of drug-likeness (QED) is 0.610. The van der Waals surface area contributed by atoms with Crippen LogP contribution in [0.25, 0.3) is 27.7 Å². The number of amides is 1. The van der Waals surface area contributed by atoms with Crippen molar-refractivity contribution < 1.29 is 14.3 Å². The third-order valence-corrected chi connectivity index (χ3v) is 4.62. The van der Waals surface area contributed by atoms with E-state index in [-0.39, 0.29) is 11.9 Å². The zero-order chi connectivity index (χ0) is 17.7. The molecule has 4 heteroatoms. The lowest BCUT2D eigenvalue weighted by molar-refractivity contribution is -0.112. The van der Waals surface area contributed by atoms with Crippen molar-refractivity contribution in [3.8, 4) is 17.1 Å². The van der Waals surface area contributed by atoms with Crippen molar-refractivity contribution in [1.29, 1.82) is 0 Å². The standard InChI is InChI=1S/C22H13NO3/c24-21-19(13-7-3-1-4-8-13)15-12-18-16(11-17(15)23-21)20(22(25)26-18)14-9-5-2-6-10-14/h1-12,25H. The van der Waals surface area contributed by atoms with Crippen LogP contribution in [0.2, 0.25) is 0 Å². The molecule has 1 aliphatic rings. The van der Waals surface area contributed by atoms with Gasteiger partial charge >= 0.3 is 0 Å². The molecule has 0 radical (unpaired) electrons. The predicted molar refractivity (Wildman–Crippen MR) is 98.1 cm³/mol. The van der Waals surface area contributed by atoms with E-state index in [0.29, 0.717) is 22.1 Å². The lowest BCUT2D eigenvalue weighted by Gasteiger charge is -1.99. The zero-order valence-corrected chi connectivity index (χ0v) is 13.6. The summed E-state index contributed by atoms with van der Waals surface area (Å²) in [4.78, 5) is 16.7. The van der Waals surface area contributed by atoms with E-state index < -0.39 is 0 Å². The SMILES string of the molecule is O=C1N=c2cc3c(-c4ccccc4)c(O)oc3cc2=C1c1ccccc1. The van der Waals surface area contributed by atoms with Crippen LogP contribution in [0.1, 0.15) is 5.56 Å². The summed E-state index contributed by atoms with van der Waals surface area (Å²) in [5.74, 6) is -0.396. The monoisotopic (exact) mass is 339 g/mol. The molecule has 5 rings (SSSR count). The van der Waals surface area contributed by atoms with Crippen LogP contribution < -0.4 is 10.6 Å². The third-order valence-electron chi connectivity index (χ3n) is 4.62. The number of aromatic hydroxyl groups is 1. The second-order valence-electron chi connectivity index (χ2n) is 6.17. The van der Waals surface area contributed by atoms with Gasteiger partial charge in [-0.3, -0.25) is 4.79 Å². The molecule has 0 bridgehead atoms. The molecule has 2 heterocycles. The molecule has 1 aromatic heterocycles. The van der Waals surface area contributed by atoms with Gasteiger partial charge in [0.1, 0.15) is 5.58 Å². The van der Waals surface area contributed by atoms with E-state index in [0.717, 1.165) is 21.7 Å². The molecular formula is C22H13NO3. The fraction of sp³-hybridized carbons (Fsp3) is 0. The number of nitrogens with zero attached hydrogens (tertiary/aromatic N) is 1. The summed E-state index contributed by atoms with van der Waals surface area (Å²) in [6, 6.07) is 22.6. The van der Waals surface area contributed by atoms with Crippen molar-refractivity contribution in [1.82, 2.24) is 0 Å². The molecule has 0 spiro atoms. The maximum atomic E-state index is 12.5. The lowest BCUT2D eigenvalue weighted by atomic mass is 10.0. The second kappa shape index (κ2) is 5.43. The minimum atomic E-state index is -0.260. The molecular weight excluding hydrogens is 326 g/mol. The van der Waals surface area contributed by atoms with Crippen molar-refractivity contribution in [2.75, 3.05) is 0 Å². The first-order valence-corrected chi connectivity index (χ1v) is 8.26. The molecule has 1 N–H and O–H groups in total. The number of hydrogen-bond donors (Lipinski definition) is 1. The molecule has 0 saturated heterocycles. The highest BCUT2D eigenvalue weighted by Crippen LogP contribution is 2.38. The van der Waals surface area contributed by atoms with E-state index in [1.54, 1.807) is 6.07 Å². The summed E-state index contributed by atoms with van der Waals surface area (Å²) < 4.78 is 5.59. The largest absolute Gasteiger partial charge is 0.480 e. The molecule has 0 aliphatic carbocycles. The molecule has 1 amide bonds. The molecule has 0 unspecified atom stereocenters. The van der Waals surface area contributed by atoms with Crippen LogP contribution in [-0.4, -0.2) is 11.0 Å². The number of carbonyl (C=O) groups is 1. The van der Waals surface area contributed by atoms with Gasteiger partial charge < -0.3 is 9.52 Å². The Hall–Kier alpha value is -3.66. The molecule has 0 atom stereocenters. The van der Waals surface area contributed by atoms with Crippen LogP contribution >= 0.6 is 0 Å². The Bertz CT molecular complexity index is 1290. The van der Waals surface area contributed by atoms with Crippen molar-refractivity contribution in [3.05, 3.63) is 88.9 Å². The van der Waals surface area contributed by atoms with Gasteiger partial charge in [0, 0.05) is 10.6 Å². The first-order valence-electron chi connectivity index (χ1n) is 8.26. The summed E-state index contributed by atoms with van der Waals surface area (Å²) in [5.41, 5.74) is 3.36. The van der Waals surface area contributed by atoms with Gasteiger partial charge in [-0.15, -0.1) is 0 Å². The maximum absolute atomic E-state index is 12.5. The van der Waals surface area contributed by atoms with Crippen molar-refractivity contribution in [2.45, 2.75) is 0 Å². The minimum Gasteiger partial charge on any atom is -0.480 e. The Balaban J connectivity index is 1.85. The first-order chi connectivity index (χ1) is 12.7. The molecule has 3 aromatic carbocycles. The van der Waals surface area contributed by atoms with Gasteiger partial charge in [0.25, 0.3) is 11.9 Å². The fourth-order valence-corrected chi connectivity index (χ4v) is 3.46. The Morgan fingerprint density at radius 1 is 0.846 bits per heavy atom. The normalized spacial score (nSPS) is 13.1. The lowest BCUT2D eigenvalue weighted by Crippen LogP contribution is -2.23. The number of hydrogen-bond acceptors (Lipinski definition) is 3. The Morgan fingerprint density at radius 2 is 1.50 bits per heavy atom. The predicted octanol–water partition coefficient (Wildman–Crippen LogP) is 3.16. The van der Waals surface area contributed by atoms with Gasteiger partial charge in [0.05, 0.1) is 16.5 Å². The van der Waals surface area contributed by atoms with Gasteiger partial charge in [0.15, 0.2) is 0 Å². The fourth-order valence-electron chi connectivity index (χ4n) is 3.46. The molecule has 0 fully saturated rings. The number of furan rings is 1. The van der Waals surface area contributed by atoms with E-state index >= 15 is 0 Å². The summed E-state index contributed by atoms with van der Waals surface area (Å²) in [7, 11) is 0.